The molecule has 1 aromatic carbocycles. The number of halogens is 2. The minimum atomic E-state index is -0.589. The number of esters is 1. The summed E-state index contributed by atoms with van der Waals surface area (Å²) in [6, 6.07) is 5.61. The quantitative estimate of drug-likeness (QED) is 0.795. The van der Waals surface area contributed by atoms with Crippen LogP contribution in [-0.2, 0) is 4.74 Å². The molecule has 0 bridgehead atoms. The number of rotatable bonds is 2. The number of furan rings is 1. The highest BCUT2D eigenvalue weighted by molar-refractivity contribution is 9.10. The van der Waals surface area contributed by atoms with E-state index in [0.29, 0.717) is 15.8 Å². The van der Waals surface area contributed by atoms with Crippen molar-refractivity contribution in [2.75, 3.05) is 7.11 Å². The van der Waals surface area contributed by atoms with Crippen LogP contribution in [0.25, 0.3) is 11.3 Å². The van der Waals surface area contributed by atoms with Crippen LogP contribution in [0.5, 0.6) is 0 Å². The molecule has 0 aliphatic rings. The molecular weight excluding hydrogens is 291 g/mol. The van der Waals surface area contributed by atoms with E-state index in [2.05, 4.69) is 20.7 Å². The zero-order valence-electron chi connectivity index (χ0n) is 8.87. The Balaban J connectivity index is 2.53. The van der Waals surface area contributed by atoms with Gasteiger partial charge in [0.1, 0.15) is 11.6 Å². The fourth-order valence-corrected chi connectivity index (χ4v) is 1.89. The lowest BCUT2D eigenvalue weighted by atomic mass is 10.1. The maximum Gasteiger partial charge on any atom is 0.337 e. The van der Waals surface area contributed by atoms with Gasteiger partial charge in [-0.15, -0.1) is 0 Å². The monoisotopic (exact) mass is 298 g/mol. The van der Waals surface area contributed by atoms with E-state index in [4.69, 9.17) is 4.42 Å². The Kier molecular flexibility index (Phi) is 3.28. The molecule has 2 rings (SSSR count). The van der Waals surface area contributed by atoms with E-state index < -0.39 is 11.8 Å². The van der Waals surface area contributed by atoms with Gasteiger partial charge in [0.15, 0.2) is 0 Å². The van der Waals surface area contributed by atoms with Crippen LogP contribution in [-0.4, -0.2) is 13.1 Å². The van der Waals surface area contributed by atoms with Crippen LogP contribution in [0.3, 0.4) is 0 Å². The summed E-state index contributed by atoms with van der Waals surface area (Å²) < 4.78 is 23.8. The van der Waals surface area contributed by atoms with Crippen molar-refractivity contribution in [3.05, 3.63) is 46.4 Å². The summed E-state index contributed by atoms with van der Waals surface area (Å²) in [4.78, 5) is 11.3. The van der Waals surface area contributed by atoms with Gasteiger partial charge in [-0.3, -0.25) is 0 Å². The van der Waals surface area contributed by atoms with E-state index in [1.165, 1.54) is 25.5 Å². The molecule has 0 atom stereocenters. The Morgan fingerprint density at radius 1 is 1.41 bits per heavy atom. The van der Waals surface area contributed by atoms with Gasteiger partial charge in [0.25, 0.3) is 0 Å². The lowest BCUT2D eigenvalue weighted by molar-refractivity contribution is 0.0600. The van der Waals surface area contributed by atoms with Crippen molar-refractivity contribution in [2.24, 2.45) is 0 Å². The SMILES string of the molecule is COC(=O)c1cc(F)cc(-c2occc2Br)c1. The Hall–Kier alpha value is -1.62. The van der Waals surface area contributed by atoms with E-state index >= 15 is 0 Å². The summed E-state index contributed by atoms with van der Waals surface area (Å²) in [6.45, 7) is 0. The third kappa shape index (κ3) is 2.39. The third-order valence-electron chi connectivity index (χ3n) is 2.20. The Bertz CT molecular complexity index is 563. The van der Waals surface area contributed by atoms with Crippen LogP contribution in [0.4, 0.5) is 4.39 Å². The molecule has 88 valence electrons. The second-order valence-electron chi connectivity index (χ2n) is 3.32. The first kappa shape index (κ1) is 11.9. The van der Waals surface area contributed by atoms with Gasteiger partial charge >= 0.3 is 5.97 Å². The molecule has 17 heavy (non-hydrogen) atoms. The average molecular weight is 299 g/mol. The first-order valence-electron chi connectivity index (χ1n) is 4.74. The van der Waals surface area contributed by atoms with E-state index in [9.17, 15) is 9.18 Å². The maximum atomic E-state index is 13.4. The van der Waals surface area contributed by atoms with Gasteiger partial charge in [-0.2, -0.15) is 0 Å². The van der Waals surface area contributed by atoms with Crippen molar-refractivity contribution in [1.82, 2.24) is 0 Å². The standard InChI is InChI=1S/C12H8BrFO3/c1-16-12(15)8-4-7(5-9(14)6-8)11-10(13)2-3-17-11/h2-6H,1H3. The molecule has 0 radical (unpaired) electrons. The lowest BCUT2D eigenvalue weighted by Gasteiger charge is -2.03. The van der Waals surface area contributed by atoms with Crippen LogP contribution in [0.2, 0.25) is 0 Å². The van der Waals surface area contributed by atoms with Crippen molar-refractivity contribution >= 4 is 21.9 Å². The van der Waals surface area contributed by atoms with Crippen LogP contribution >= 0.6 is 15.9 Å². The number of benzene rings is 1. The normalized spacial score (nSPS) is 10.3. The van der Waals surface area contributed by atoms with Gasteiger partial charge < -0.3 is 9.15 Å². The van der Waals surface area contributed by atoms with Crippen molar-refractivity contribution in [3.8, 4) is 11.3 Å². The summed E-state index contributed by atoms with van der Waals surface area (Å²) in [5.41, 5.74) is 0.619. The maximum absolute atomic E-state index is 13.4. The lowest BCUT2D eigenvalue weighted by Crippen LogP contribution is -2.02. The van der Waals surface area contributed by atoms with Gasteiger partial charge in [-0.1, -0.05) is 0 Å². The second kappa shape index (κ2) is 4.71. The fourth-order valence-electron chi connectivity index (χ4n) is 1.46. The highest BCUT2D eigenvalue weighted by Gasteiger charge is 2.13. The largest absolute Gasteiger partial charge is 0.465 e. The molecule has 1 aromatic heterocycles. The molecule has 1 heterocycles. The first-order chi connectivity index (χ1) is 8.11. The molecule has 0 aliphatic carbocycles. The van der Waals surface area contributed by atoms with E-state index in [-0.39, 0.29) is 5.56 Å². The van der Waals surface area contributed by atoms with Crippen molar-refractivity contribution < 1.29 is 18.3 Å². The van der Waals surface area contributed by atoms with Gasteiger partial charge in [-0.05, 0) is 40.2 Å². The molecule has 5 heteroatoms. The van der Waals surface area contributed by atoms with E-state index in [0.717, 1.165) is 6.07 Å². The average Bonchev–Trinajstić information content (AvgIpc) is 2.73. The van der Waals surface area contributed by atoms with Crippen LogP contribution in [0.1, 0.15) is 10.4 Å². The Morgan fingerprint density at radius 2 is 2.18 bits per heavy atom. The summed E-state index contributed by atoms with van der Waals surface area (Å²) in [5.74, 6) is -0.644. The van der Waals surface area contributed by atoms with Crippen molar-refractivity contribution in [3.63, 3.8) is 0 Å². The molecule has 2 aromatic rings. The van der Waals surface area contributed by atoms with Gasteiger partial charge in [0.05, 0.1) is 23.4 Å². The fraction of sp³-hybridized carbons (Fsp3) is 0.0833. The number of carbonyl (C=O) groups excluding carboxylic acids is 1. The third-order valence-corrected chi connectivity index (χ3v) is 2.82. The zero-order valence-corrected chi connectivity index (χ0v) is 10.5. The molecule has 0 fully saturated rings. The van der Waals surface area contributed by atoms with E-state index in [1.807, 2.05) is 0 Å². The van der Waals surface area contributed by atoms with Gasteiger partial charge in [-0.25, -0.2) is 9.18 Å². The zero-order chi connectivity index (χ0) is 12.4. The van der Waals surface area contributed by atoms with Gasteiger partial charge in [0, 0.05) is 5.56 Å². The predicted octanol–water partition coefficient (Wildman–Crippen LogP) is 3.63. The molecular formula is C12H8BrFO3. The smallest absolute Gasteiger partial charge is 0.337 e. The minimum Gasteiger partial charge on any atom is -0.465 e. The highest BCUT2D eigenvalue weighted by atomic mass is 79.9. The molecule has 0 saturated carbocycles. The molecule has 0 spiro atoms. The predicted molar refractivity (Wildman–Crippen MR) is 63.1 cm³/mol. The van der Waals surface area contributed by atoms with Crippen LogP contribution in [0.15, 0.2) is 39.4 Å². The summed E-state index contributed by atoms with van der Waals surface area (Å²) in [6.07, 6.45) is 1.47. The molecule has 3 nitrogen and oxygen atoms in total. The molecule has 0 amide bonds. The Labute approximate surface area is 105 Å². The molecule has 0 N–H and O–H groups in total. The highest BCUT2D eigenvalue weighted by Crippen LogP contribution is 2.30. The van der Waals surface area contributed by atoms with Gasteiger partial charge in [0.2, 0.25) is 0 Å². The molecule has 0 saturated heterocycles. The van der Waals surface area contributed by atoms with E-state index in [1.54, 1.807) is 6.07 Å². The summed E-state index contributed by atoms with van der Waals surface area (Å²) in [7, 11) is 1.25. The van der Waals surface area contributed by atoms with Crippen molar-refractivity contribution in [1.29, 1.82) is 0 Å². The summed E-state index contributed by atoms with van der Waals surface area (Å²) in [5, 5.41) is 0. The number of carbonyl (C=O) groups is 1. The number of hydrogen-bond donors (Lipinski definition) is 0. The number of hydrogen-bond acceptors (Lipinski definition) is 3. The second-order valence-corrected chi connectivity index (χ2v) is 4.17. The molecule has 0 aliphatic heterocycles. The summed E-state index contributed by atoms with van der Waals surface area (Å²) >= 11 is 3.27. The number of methoxy groups -OCH3 is 1. The minimum absolute atomic E-state index is 0.144. The first-order valence-corrected chi connectivity index (χ1v) is 5.53. The topological polar surface area (TPSA) is 39.4 Å². The number of ether oxygens (including phenoxy) is 1. The van der Waals surface area contributed by atoms with Crippen molar-refractivity contribution in [2.45, 2.75) is 0 Å². The molecule has 0 unspecified atom stereocenters. The van der Waals surface area contributed by atoms with Crippen LogP contribution < -0.4 is 0 Å². The van der Waals surface area contributed by atoms with Crippen LogP contribution in [0, 0.1) is 5.82 Å². The Morgan fingerprint density at radius 3 is 2.76 bits per heavy atom.